The van der Waals surface area contributed by atoms with Gasteiger partial charge in [0.25, 0.3) is 0 Å². The number of aryl methyl sites for hydroxylation is 2. The average Bonchev–Trinajstić information content (AvgIpc) is 2.98. The molecule has 1 saturated heterocycles. The molecule has 31 heavy (non-hydrogen) atoms. The maximum Gasteiger partial charge on any atom is 0.347 e. The predicted molar refractivity (Wildman–Crippen MR) is 128 cm³/mol. The molecule has 1 fully saturated rings. The maximum atomic E-state index is 13.4. The topological polar surface area (TPSA) is 65.0 Å². The Bertz CT molecular complexity index is 1210. The summed E-state index contributed by atoms with van der Waals surface area (Å²) in [6.07, 6.45) is 0. The van der Waals surface area contributed by atoms with E-state index in [1.54, 1.807) is 24.3 Å². The second-order valence-corrected chi connectivity index (χ2v) is 7.55. The normalized spacial score (nSPS) is 15.0. The van der Waals surface area contributed by atoms with Crippen LogP contribution in [0.15, 0.2) is 83.9 Å². The Kier molecular flexibility index (Phi) is 5.60. The highest BCUT2D eigenvalue weighted by Crippen LogP contribution is 2.29. The first-order valence-corrected chi connectivity index (χ1v) is 10.1. The minimum Gasteiger partial charge on any atom is -0.306 e. The lowest BCUT2D eigenvalue weighted by molar-refractivity contribution is 0.257. The third kappa shape index (κ3) is 4.22. The second kappa shape index (κ2) is 8.49. The third-order valence-electron chi connectivity index (χ3n) is 4.74. The zero-order valence-corrected chi connectivity index (χ0v) is 17.9. The molecule has 0 radical (unpaired) electrons. The summed E-state index contributed by atoms with van der Waals surface area (Å²) in [7, 11) is 0. The number of carbonyl (C=O) groups excluding carboxylic acids is 2. The smallest absolute Gasteiger partial charge is 0.306 e. The average molecular weight is 429 g/mol. The van der Waals surface area contributed by atoms with Crippen LogP contribution in [0, 0.1) is 13.8 Å². The summed E-state index contributed by atoms with van der Waals surface area (Å²) in [5, 5.41) is 2.74. The Hall–Kier alpha value is -3.84. The van der Waals surface area contributed by atoms with Crippen LogP contribution < -0.4 is 15.1 Å². The van der Waals surface area contributed by atoms with Crippen LogP contribution in [0.3, 0.4) is 0 Å². The lowest BCUT2D eigenvalue weighted by Crippen LogP contribution is -2.33. The van der Waals surface area contributed by atoms with Gasteiger partial charge in [-0.15, -0.1) is 0 Å². The lowest BCUT2D eigenvalue weighted by Gasteiger charge is -2.17. The fourth-order valence-corrected chi connectivity index (χ4v) is 3.67. The first kappa shape index (κ1) is 20.4. The molecule has 4 rings (SSSR count). The molecule has 3 aromatic carbocycles. The zero-order valence-electron chi connectivity index (χ0n) is 17.1. The number of aliphatic imine (C=N–C) groups is 1. The van der Waals surface area contributed by atoms with Crippen LogP contribution >= 0.6 is 12.2 Å². The molecule has 154 valence electrons. The number of nitrogens with one attached hydrogen (secondary N) is 1. The number of amidine groups is 1. The van der Waals surface area contributed by atoms with Crippen LogP contribution in [-0.4, -0.2) is 22.9 Å². The molecule has 0 bridgehead atoms. The standard InChI is InChI=1S/C24H20N4O2S/c1-16-8-6-10-18(14-16)25-23(29)26-21-22(31)28(19-11-4-3-5-12-19)24(30)27(21)20-13-7-9-17(2)15-20/h3-15H,1-2H3,(H,25,29). The van der Waals surface area contributed by atoms with Crippen LogP contribution in [-0.2, 0) is 0 Å². The Morgan fingerprint density at radius 3 is 2.16 bits per heavy atom. The first-order chi connectivity index (χ1) is 14.9. The molecule has 0 saturated carbocycles. The van der Waals surface area contributed by atoms with Crippen molar-refractivity contribution in [3.63, 3.8) is 0 Å². The van der Waals surface area contributed by atoms with E-state index in [2.05, 4.69) is 10.3 Å². The molecule has 7 heteroatoms. The van der Waals surface area contributed by atoms with Crippen molar-refractivity contribution in [3.8, 4) is 0 Å². The molecular formula is C24H20N4O2S. The minimum atomic E-state index is -0.608. The Morgan fingerprint density at radius 2 is 1.48 bits per heavy atom. The highest BCUT2D eigenvalue weighted by Gasteiger charge is 2.42. The van der Waals surface area contributed by atoms with Crippen molar-refractivity contribution in [1.29, 1.82) is 0 Å². The van der Waals surface area contributed by atoms with Crippen LogP contribution in [0.2, 0.25) is 0 Å². The van der Waals surface area contributed by atoms with Gasteiger partial charge in [-0.2, -0.15) is 4.99 Å². The van der Waals surface area contributed by atoms with Gasteiger partial charge in [0, 0.05) is 5.69 Å². The van der Waals surface area contributed by atoms with Crippen molar-refractivity contribution in [2.24, 2.45) is 4.99 Å². The predicted octanol–water partition coefficient (Wildman–Crippen LogP) is 5.71. The number of anilines is 3. The molecule has 0 unspecified atom stereocenters. The van der Waals surface area contributed by atoms with Gasteiger partial charge in [-0.25, -0.2) is 19.4 Å². The van der Waals surface area contributed by atoms with Gasteiger partial charge in [0.1, 0.15) is 0 Å². The number of thiocarbonyl (C=S) groups is 1. The molecule has 1 N–H and O–H groups in total. The highest BCUT2D eigenvalue weighted by molar-refractivity contribution is 7.82. The summed E-state index contributed by atoms with van der Waals surface area (Å²) in [5.74, 6) is 0.111. The van der Waals surface area contributed by atoms with Crippen molar-refractivity contribution in [1.82, 2.24) is 0 Å². The number of urea groups is 2. The van der Waals surface area contributed by atoms with Crippen molar-refractivity contribution in [3.05, 3.63) is 90.0 Å². The van der Waals surface area contributed by atoms with Gasteiger partial charge in [0.15, 0.2) is 10.8 Å². The fraction of sp³-hybridized carbons (Fsp3) is 0.0833. The third-order valence-corrected chi connectivity index (χ3v) is 5.10. The van der Waals surface area contributed by atoms with Crippen molar-refractivity contribution >= 4 is 52.2 Å². The largest absolute Gasteiger partial charge is 0.347 e. The van der Waals surface area contributed by atoms with Crippen molar-refractivity contribution in [2.45, 2.75) is 13.8 Å². The van der Waals surface area contributed by atoms with E-state index >= 15 is 0 Å². The van der Waals surface area contributed by atoms with E-state index < -0.39 is 6.03 Å². The van der Waals surface area contributed by atoms with Crippen LogP contribution in [0.1, 0.15) is 11.1 Å². The monoisotopic (exact) mass is 428 g/mol. The molecule has 0 spiro atoms. The van der Waals surface area contributed by atoms with E-state index in [4.69, 9.17) is 12.2 Å². The molecule has 1 heterocycles. The van der Waals surface area contributed by atoms with Gasteiger partial charge in [-0.05, 0) is 61.4 Å². The number of hydrogen-bond acceptors (Lipinski definition) is 3. The molecule has 1 aliphatic rings. The quantitative estimate of drug-likeness (QED) is 0.544. The molecule has 0 aromatic heterocycles. The van der Waals surface area contributed by atoms with E-state index in [9.17, 15) is 9.59 Å². The van der Waals surface area contributed by atoms with Gasteiger partial charge < -0.3 is 5.32 Å². The summed E-state index contributed by atoms with van der Waals surface area (Å²) in [6, 6.07) is 22.9. The highest BCUT2D eigenvalue weighted by atomic mass is 32.1. The molecule has 0 aliphatic carbocycles. The van der Waals surface area contributed by atoms with Gasteiger partial charge in [-0.1, -0.05) is 54.7 Å². The van der Waals surface area contributed by atoms with Crippen LogP contribution in [0.5, 0.6) is 0 Å². The zero-order chi connectivity index (χ0) is 22.0. The Morgan fingerprint density at radius 1 is 0.839 bits per heavy atom. The summed E-state index contributed by atoms with van der Waals surface area (Å²) < 4.78 is 0. The van der Waals surface area contributed by atoms with Crippen molar-refractivity contribution in [2.75, 3.05) is 15.1 Å². The number of amides is 4. The van der Waals surface area contributed by atoms with Gasteiger partial charge in [-0.3, -0.25) is 0 Å². The number of hydrogen-bond donors (Lipinski definition) is 1. The number of nitrogens with zero attached hydrogens (tertiary/aromatic N) is 3. The number of rotatable bonds is 3. The van der Waals surface area contributed by atoms with Gasteiger partial charge >= 0.3 is 12.1 Å². The SMILES string of the molecule is Cc1cccc(NC(=O)N=C2C(=S)N(c3ccccc3)C(=O)N2c2cccc(C)c2)c1. The van der Waals surface area contributed by atoms with Gasteiger partial charge in [0.2, 0.25) is 0 Å². The number of benzene rings is 3. The number of carbonyl (C=O) groups is 2. The molecule has 0 atom stereocenters. The Balaban J connectivity index is 1.74. The van der Waals surface area contributed by atoms with E-state index in [1.807, 2.05) is 68.4 Å². The van der Waals surface area contributed by atoms with E-state index in [1.165, 1.54) is 9.80 Å². The molecule has 1 aliphatic heterocycles. The minimum absolute atomic E-state index is 0.111. The molecule has 6 nitrogen and oxygen atoms in total. The van der Waals surface area contributed by atoms with E-state index in [0.717, 1.165) is 11.1 Å². The maximum absolute atomic E-state index is 13.4. The summed E-state index contributed by atoms with van der Waals surface area (Å²) in [4.78, 5) is 33.2. The molecular weight excluding hydrogens is 408 g/mol. The lowest BCUT2D eigenvalue weighted by atomic mass is 10.2. The summed E-state index contributed by atoms with van der Waals surface area (Å²) in [5.41, 5.74) is 3.80. The van der Waals surface area contributed by atoms with Gasteiger partial charge in [0.05, 0.1) is 11.4 Å². The first-order valence-electron chi connectivity index (χ1n) is 9.70. The molecule has 3 aromatic rings. The summed E-state index contributed by atoms with van der Waals surface area (Å²) in [6.45, 7) is 3.86. The van der Waals surface area contributed by atoms with Crippen LogP contribution in [0.4, 0.5) is 26.7 Å². The molecule has 4 amide bonds. The Labute approximate surface area is 185 Å². The van der Waals surface area contributed by atoms with E-state index in [0.29, 0.717) is 17.1 Å². The van der Waals surface area contributed by atoms with Crippen molar-refractivity contribution < 1.29 is 9.59 Å². The number of para-hydroxylation sites is 1. The van der Waals surface area contributed by atoms with Crippen LogP contribution in [0.25, 0.3) is 0 Å². The summed E-state index contributed by atoms with van der Waals surface area (Å²) >= 11 is 5.59. The van der Waals surface area contributed by atoms with E-state index in [-0.39, 0.29) is 16.9 Å². The second-order valence-electron chi connectivity index (χ2n) is 7.17. The fourth-order valence-electron chi connectivity index (χ4n) is 3.35.